The maximum Gasteiger partial charge on any atom is 0.416 e. The molecule has 2 nitrogen and oxygen atoms in total. The van der Waals surface area contributed by atoms with Gasteiger partial charge in [-0.25, -0.2) is 0 Å². The van der Waals surface area contributed by atoms with E-state index in [1.165, 1.54) is 23.5 Å². The van der Waals surface area contributed by atoms with E-state index in [9.17, 15) is 18.3 Å². The summed E-state index contributed by atoms with van der Waals surface area (Å²) in [5, 5.41) is 11.3. The molecule has 1 heterocycles. The molecule has 3 aromatic rings. The van der Waals surface area contributed by atoms with Crippen LogP contribution in [-0.2, 0) is 6.18 Å². The summed E-state index contributed by atoms with van der Waals surface area (Å²) in [5.74, 6) is 0.277. The van der Waals surface area contributed by atoms with Crippen molar-refractivity contribution in [1.82, 2.24) is 0 Å². The molecule has 0 aliphatic carbocycles. The Labute approximate surface area is 148 Å². The van der Waals surface area contributed by atoms with Gasteiger partial charge in [0.15, 0.2) is 0 Å². The van der Waals surface area contributed by atoms with Crippen molar-refractivity contribution in [2.75, 3.05) is 6.61 Å². The molecule has 0 saturated carbocycles. The van der Waals surface area contributed by atoms with E-state index in [0.717, 1.165) is 31.6 Å². The predicted octanol–water partition coefficient (Wildman–Crippen LogP) is 5.80. The van der Waals surface area contributed by atoms with Crippen molar-refractivity contribution in [2.24, 2.45) is 0 Å². The van der Waals surface area contributed by atoms with Gasteiger partial charge in [-0.1, -0.05) is 18.2 Å². The number of fused-ring (bicyclic) bond motifs is 1. The van der Waals surface area contributed by atoms with Gasteiger partial charge in [0, 0.05) is 14.6 Å². The monoisotopic (exact) mass is 416 g/mol. The first kappa shape index (κ1) is 17.3. The summed E-state index contributed by atoms with van der Waals surface area (Å²) in [5.41, 5.74) is -0.734. The number of alkyl halides is 3. The Morgan fingerprint density at radius 2 is 1.75 bits per heavy atom. The van der Waals surface area contributed by atoms with Crippen molar-refractivity contribution in [3.05, 3.63) is 63.4 Å². The minimum atomic E-state index is -4.38. The Balaban J connectivity index is 1.70. The molecule has 0 bridgehead atoms. The second-order valence-corrected chi connectivity index (χ2v) is 7.00. The van der Waals surface area contributed by atoms with Gasteiger partial charge in [0.25, 0.3) is 0 Å². The Morgan fingerprint density at radius 3 is 2.38 bits per heavy atom. The lowest BCUT2D eigenvalue weighted by Gasteiger charge is -2.12. The van der Waals surface area contributed by atoms with Crippen LogP contribution in [0.5, 0.6) is 5.75 Å². The second-order valence-electron chi connectivity index (χ2n) is 5.13. The minimum Gasteiger partial charge on any atom is -0.490 e. The van der Waals surface area contributed by atoms with Crippen LogP contribution in [0, 0.1) is 0 Å². The van der Waals surface area contributed by atoms with Gasteiger partial charge >= 0.3 is 6.18 Å². The van der Waals surface area contributed by atoms with E-state index >= 15 is 0 Å². The fourth-order valence-electron chi connectivity index (χ4n) is 2.24. The smallest absolute Gasteiger partial charge is 0.416 e. The number of hydrogen-bond acceptors (Lipinski definition) is 3. The summed E-state index contributed by atoms with van der Waals surface area (Å²) in [6, 6.07) is 12.1. The van der Waals surface area contributed by atoms with Crippen LogP contribution >= 0.6 is 27.3 Å². The summed E-state index contributed by atoms with van der Waals surface area (Å²) in [6.07, 6.45) is -5.25. The number of hydrogen-bond donors (Lipinski definition) is 1. The first-order chi connectivity index (χ1) is 11.4. The Kier molecular flexibility index (Phi) is 4.85. The summed E-state index contributed by atoms with van der Waals surface area (Å²) in [6.45, 7) is -0.0449. The Hall–Kier alpha value is -1.57. The summed E-state index contributed by atoms with van der Waals surface area (Å²) < 4.78 is 44.8. The van der Waals surface area contributed by atoms with Crippen LogP contribution in [0.4, 0.5) is 13.2 Å². The fourth-order valence-corrected chi connectivity index (χ4v) is 4.29. The number of thiophene rings is 1. The molecule has 1 N–H and O–H groups in total. The highest BCUT2D eigenvalue weighted by molar-refractivity contribution is 9.10. The van der Waals surface area contributed by atoms with Gasteiger partial charge in [0.1, 0.15) is 18.5 Å². The number of ether oxygens (including phenoxy) is 1. The maximum atomic E-state index is 12.5. The van der Waals surface area contributed by atoms with Crippen molar-refractivity contribution < 1.29 is 23.0 Å². The Morgan fingerprint density at radius 1 is 1.08 bits per heavy atom. The van der Waals surface area contributed by atoms with Crippen molar-refractivity contribution in [2.45, 2.75) is 12.3 Å². The number of rotatable bonds is 4. The maximum absolute atomic E-state index is 12.5. The van der Waals surface area contributed by atoms with Crippen LogP contribution in [0.15, 0.2) is 53.0 Å². The highest BCUT2D eigenvalue weighted by Gasteiger charge is 2.30. The zero-order valence-electron chi connectivity index (χ0n) is 12.2. The van der Waals surface area contributed by atoms with E-state index in [0.29, 0.717) is 0 Å². The van der Waals surface area contributed by atoms with Crippen LogP contribution in [0.25, 0.3) is 10.1 Å². The molecule has 0 spiro atoms. The predicted molar refractivity (Wildman–Crippen MR) is 91.4 cm³/mol. The standard InChI is InChI=1S/C17H12BrF3O2S/c18-15-12-3-1-2-4-14(12)24-16(15)13(22)9-23-11-7-5-10(6-8-11)17(19,20)21/h1-8,13,22H,9H2. The molecule has 1 atom stereocenters. The van der Waals surface area contributed by atoms with Crippen LogP contribution in [0.1, 0.15) is 16.5 Å². The third-order valence-electron chi connectivity index (χ3n) is 3.45. The average Bonchev–Trinajstić information content (AvgIpc) is 2.90. The molecule has 2 aromatic carbocycles. The zero-order valence-corrected chi connectivity index (χ0v) is 14.6. The van der Waals surface area contributed by atoms with Gasteiger partial charge in [-0.05, 0) is 46.3 Å². The van der Waals surface area contributed by atoms with Crippen LogP contribution in [0.3, 0.4) is 0 Å². The van der Waals surface area contributed by atoms with E-state index < -0.39 is 17.8 Å². The van der Waals surface area contributed by atoms with Crippen molar-refractivity contribution in [3.8, 4) is 5.75 Å². The first-order valence-electron chi connectivity index (χ1n) is 7.01. The average molecular weight is 417 g/mol. The molecule has 126 valence electrons. The van der Waals surface area contributed by atoms with E-state index in [4.69, 9.17) is 4.74 Å². The van der Waals surface area contributed by atoms with Crippen molar-refractivity contribution in [1.29, 1.82) is 0 Å². The van der Waals surface area contributed by atoms with Gasteiger partial charge in [-0.3, -0.25) is 0 Å². The van der Waals surface area contributed by atoms with Gasteiger partial charge in [0.05, 0.1) is 10.4 Å². The first-order valence-corrected chi connectivity index (χ1v) is 8.62. The highest BCUT2D eigenvalue weighted by atomic mass is 79.9. The molecule has 24 heavy (non-hydrogen) atoms. The molecule has 0 aliphatic heterocycles. The molecule has 0 fully saturated rings. The molecular weight excluding hydrogens is 405 g/mol. The molecule has 1 aromatic heterocycles. The van der Waals surface area contributed by atoms with Crippen LogP contribution in [0.2, 0.25) is 0 Å². The summed E-state index contributed by atoms with van der Waals surface area (Å²) in [7, 11) is 0. The van der Waals surface area contributed by atoms with Gasteiger partial charge in [0.2, 0.25) is 0 Å². The number of benzene rings is 2. The van der Waals surface area contributed by atoms with E-state index in [1.807, 2.05) is 24.3 Å². The molecule has 0 amide bonds. The van der Waals surface area contributed by atoms with Crippen molar-refractivity contribution >= 4 is 37.4 Å². The van der Waals surface area contributed by atoms with E-state index in [2.05, 4.69) is 15.9 Å². The summed E-state index contributed by atoms with van der Waals surface area (Å²) >= 11 is 4.93. The van der Waals surface area contributed by atoms with Gasteiger partial charge in [-0.15, -0.1) is 11.3 Å². The molecular formula is C17H12BrF3O2S. The van der Waals surface area contributed by atoms with E-state index in [-0.39, 0.29) is 12.4 Å². The minimum absolute atomic E-state index is 0.0449. The summed E-state index contributed by atoms with van der Waals surface area (Å²) in [4.78, 5) is 0.725. The van der Waals surface area contributed by atoms with Gasteiger partial charge in [-0.2, -0.15) is 13.2 Å². The SMILES string of the molecule is OC(COc1ccc(C(F)(F)F)cc1)c1sc2ccccc2c1Br. The molecule has 3 rings (SSSR count). The van der Waals surface area contributed by atoms with Crippen molar-refractivity contribution in [3.63, 3.8) is 0 Å². The molecule has 1 unspecified atom stereocenters. The third kappa shape index (κ3) is 3.58. The largest absolute Gasteiger partial charge is 0.490 e. The van der Waals surface area contributed by atoms with Crippen LogP contribution < -0.4 is 4.74 Å². The Bertz CT molecular complexity index is 843. The molecule has 7 heteroatoms. The lowest BCUT2D eigenvalue weighted by Crippen LogP contribution is -2.09. The number of halogens is 4. The van der Waals surface area contributed by atoms with Gasteiger partial charge < -0.3 is 9.84 Å². The highest BCUT2D eigenvalue weighted by Crippen LogP contribution is 2.39. The third-order valence-corrected chi connectivity index (χ3v) is 5.84. The zero-order chi connectivity index (χ0) is 17.3. The quantitative estimate of drug-likeness (QED) is 0.582. The topological polar surface area (TPSA) is 29.5 Å². The number of aliphatic hydroxyl groups is 1. The molecule has 0 saturated heterocycles. The lowest BCUT2D eigenvalue weighted by atomic mass is 10.2. The molecule has 0 aliphatic rings. The number of aliphatic hydroxyl groups excluding tert-OH is 1. The molecule has 0 radical (unpaired) electrons. The van der Waals surface area contributed by atoms with E-state index in [1.54, 1.807) is 0 Å². The normalized spacial score (nSPS) is 13.2. The fraction of sp³-hybridized carbons (Fsp3) is 0.176. The second kappa shape index (κ2) is 6.74. The lowest BCUT2D eigenvalue weighted by molar-refractivity contribution is -0.137. The van der Waals surface area contributed by atoms with Crippen LogP contribution in [-0.4, -0.2) is 11.7 Å².